The van der Waals surface area contributed by atoms with Crippen molar-refractivity contribution >= 4 is 0 Å². The van der Waals surface area contributed by atoms with Crippen molar-refractivity contribution in [1.29, 1.82) is 0 Å². The van der Waals surface area contributed by atoms with Crippen LogP contribution in [-0.2, 0) is 17.7 Å². The molecule has 0 radical (unpaired) electrons. The molecule has 1 saturated carbocycles. The Labute approximate surface area is 207 Å². The molecule has 1 aliphatic carbocycles. The number of ether oxygens (including phenoxy) is 2. The van der Waals surface area contributed by atoms with Crippen molar-refractivity contribution in [3.63, 3.8) is 0 Å². The van der Waals surface area contributed by atoms with Crippen molar-refractivity contribution in [3.8, 4) is 17.3 Å². The van der Waals surface area contributed by atoms with Crippen LogP contribution >= 0.6 is 0 Å². The largest absolute Gasteiger partial charge is 0.435 e. The number of aliphatic hydroxyl groups excluding tert-OH is 1. The lowest BCUT2D eigenvalue weighted by Gasteiger charge is -2.25. The minimum atomic E-state index is -0.584. The molecule has 1 aromatic heterocycles. The molecule has 0 bridgehead atoms. The normalized spacial score (nSPS) is 14.6. The van der Waals surface area contributed by atoms with Crippen LogP contribution in [0.1, 0.15) is 44.9 Å². The van der Waals surface area contributed by atoms with Crippen molar-refractivity contribution in [2.24, 2.45) is 5.92 Å². The Kier molecular flexibility index (Phi) is 8.55. The molecule has 6 nitrogen and oxygen atoms in total. The van der Waals surface area contributed by atoms with E-state index < -0.39 is 11.9 Å². The molecule has 1 unspecified atom stereocenters. The van der Waals surface area contributed by atoms with Gasteiger partial charge in [0.05, 0.1) is 29.7 Å². The van der Waals surface area contributed by atoms with E-state index in [-0.39, 0.29) is 5.75 Å². The van der Waals surface area contributed by atoms with Crippen LogP contribution in [0.3, 0.4) is 0 Å². The molecule has 0 saturated heterocycles. The SMILES string of the molecule is CCc1nn(-c2ccccc2)c(Oc2ccccc2F)c1CN(CC(O)COCC(C)C)C1CC1. The van der Waals surface area contributed by atoms with Crippen LogP contribution in [-0.4, -0.2) is 51.7 Å². The van der Waals surface area contributed by atoms with Gasteiger partial charge in [-0.05, 0) is 49.4 Å². The van der Waals surface area contributed by atoms with Gasteiger partial charge in [0.2, 0.25) is 5.88 Å². The van der Waals surface area contributed by atoms with Gasteiger partial charge in [0.15, 0.2) is 11.6 Å². The quantitative estimate of drug-likeness (QED) is 0.356. The second kappa shape index (κ2) is 11.8. The fourth-order valence-electron chi connectivity index (χ4n) is 4.15. The Bertz CT molecular complexity index is 1080. The molecule has 3 aromatic rings. The number of aromatic nitrogens is 2. The van der Waals surface area contributed by atoms with E-state index in [9.17, 15) is 9.50 Å². The van der Waals surface area contributed by atoms with Crippen LogP contribution in [0.4, 0.5) is 4.39 Å². The number of rotatable bonds is 13. The summed E-state index contributed by atoms with van der Waals surface area (Å²) in [6, 6.07) is 16.6. The van der Waals surface area contributed by atoms with Crippen LogP contribution in [0.2, 0.25) is 0 Å². The Morgan fingerprint density at radius 1 is 1.09 bits per heavy atom. The third-order valence-corrected chi connectivity index (χ3v) is 6.03. The fraction of sp³-hybridized carbons (Fsp3) is 0.464. The highest BCUT2D eigenvalue weighted by molar-refractivity contribution is 5.44. The molecule has 7 heteroatoms. The average Bonchev–Trinajstić information content (AvgIpc) is 3.64. The smallest absolute Gasteiger partial charge is 0.227 e. The van der Waals surface area contributed by atoms with E-state index in [1.54, 1.807) is 22.9 Å². The molecular weight excluding hydrogens is 445 g/mol. The molecule has 1 aliphatic rings. The van der Waals surface area contributed by atoms with Crippen molar-refractivity contribution in [2.75, 3.05) is 19.8 Å². The molecule has 35 heavy (non-hydrogen) atoms. The van der Waals surface area contributed by atoms with E-state index in [1.807, 2.05) is 30.3 Å². The maximum Gasteiger partial charge on any atom is 0.227 e. The van der Waals surface area contributed by atoms with E-state index in [2.05, 4.69) is 25.7 Å². The zero-order valence-electron chi connectivity index (χ0n) is 20.9. The van der Waals surface area contributed by atoms with Gasteiger partial charge in [-0.25, -0.2) is 9.07 Å². The van der Waals surface area contributed by atoms with Crippen LogP contribution in [0, 0.1) is 11.7 Å². The number of benzene rings is 2. The Balaban J connectivity index is 1.64. The number of hydrogen-bond donors (Lipinski definition) is 1. The molecule has 1 fully saturated rings. The van der Waals surface area contributed by atoms with Gasteiger partial charge in [-0.15, -0.1) is 0 Å². The second-order valence-corrected chi connectivity index (χ2v) is 9.61. The summed E-state index contributed by atoms with van der Waals surface area (Å²) in [5.41, 5.74) is 2.66. The monoisotopic (exact) mass is 481 g/mol. The number of aryl methyl sites for hydroxylation is 1. The lowest BCUT2D eigenvalue weighted by Crippen LogP contribution is -2.36. The first kappa shape index (κ1) is 25.4. The maximum atomic E-state index is 14.6. The maximum absolute atomic E-state index is 14.6. The van der Waals surface area contributed by atoms with Gasteiger partial charge in [-0.2, -0.15) is 5.10 Å². The Morgan fingerprint density at radius 3 is 2.46 bits per heavy atom. The summed E-state index contributed by atoms with van der Waals surface area (Å²) < 4.78 is 28.2. The predicted octanol–water partition coefficient (Wildman–Crippen LogP) is 5.36. The number of nitrogens with zero attached hydrogens (tertiary/aromatic N) is 3. The highest BCUT2D eigenvalue weighted by Crippen LogP contribution is 2.36. The zero-order valence-corrected chi connectivity index (χ0v) is 20.9. The molecule has 188 valence electrons. The van der Waals surface area contributed by atoms with E-state index in [0.29, 0.717) is 50.6 Å². The first-order chi connectivity index (χ1) is 17.0. The van der Waals surface area contributed by atoms with Crippen LogP contribution in [0.15, 0.2) is 54.6 Å². The molecule has 1 heterocycles. The predicted molar refractivity (Wildman–Crippen MR) is 135 cm³/mol. The van der Waals surface area contributed by atoms with Crippen molar-refractivity contribution < 1.29 is 19.0 Å². The Morgan fingerprint density at radius 2 is 1.80 bits per heavy atom. The van der Waals surface area contributed by atoms with Gasteiger partial charge in [0.1, 0.15) is 0 Å². The molecule has 0 aliphatic heterocycles. The van der Waals surface area contributed by atoms with E-state index >= 15 is 0 Å². The summed E-state index contributed by atoms with van der Waals surface area (Å²) in [6.45, 7) is 8.25. The molecule has 4 rings (SSSR count). The molecule has 0 amide bonds. The van der Waals surface area contributed by atoms with Gasteiger partial charge < -0.3 is 14.6 Å². The van der Waals surface area contributed by atoms with E-state index in [1.165, 1.54) is 6.07 Å². The van der Waals surface area contributed by atoms with E-state index in [4.69, 9.17) is 14.6 Å². The topological polar surface area (TPSA) is 59.8 Å². The minimum Gasteiger partial charge on any atom is -0.435 e. The van der Waals surface area contributed by atoms with Crippen molar-refractivity contribution in [1.82, 2.24) is 14.7 Å². The summed E-state index contributed by atoms with van der Waals surface area (Å²) in [7, 11) is 0. The molecule has 1 atom stereocenters. The molecule has 2 aromatic carbocycles. The summed E-state index contributed by atoms with van der Waals surface area (Å²) >= 11 is 0. The summed E-state index contributed by atoms with van der Waals surface area (Å²) in [6.07, 6.45) is 2.32. The van der Waals surface area contributed by atoms with Gasteiger partial charge in [-0.1, -0.05) is 51.1 Å². The molecule has 1 N–H and O–H groups in total. The van der Waals surface area contributed by atoms with Gasteiger partial charge in [0.25, 0.3) is 0 Å². The standard InChI is InChI=1S/C28H36FN3O3/c1-4-26-24(17-31(21-14-15-21)16-23(33)19-34-18-20(2)3)28(35-27-13-9-8-12-25(27)29)32(30-26)22-10-6-5-7-11-22/h5-13,20-21,23,33H,4,14-19H2,1-3H3. The second-order valence-electron chi connectivity index (χ2n) is 9.61. The van der Waals surface area contributed by atoms with Gasteiger partial charge in [0, 0.05) is 25.7 Å². The zero-order chi connectivity index (χ0) is 24.8. The number of para-hydroxylation sites is 2. The molecule has 0 spiro atoms. The van der Waals surface area contributed by atoms with Crippen molar-refractivity contribution in [3.05, 3.63) is 71.7 Å². The van der Waals surface area contributed by atoms with Crippen LogP contribution < -0.4 is 4.74 Å². The first-order valence-electron chi connectivity index (χ1n) is 12.5. The van der Waals surface area contributed by atoms with Crippen LogP contribution in [0.5, 0.6) is 11.6 Å². The highest BCUT2D eigenvalue weighted by atomic mass is 19.1. The number of aliphatic hydroxyl groups is 1. The van der Waals surface area contributed by atoms with Crippen LogP contribution in [0.25, 0.3) is 5.69 Å². The van der Waals surface area contributed by atoms with Crippen molar-refractivity contribution in [2.45, 2.75) is 58.7 Å². The lowest BCUT2D eigenvalue weighted by atomic mass is 10.1. The lowest BCUT2D eigenvalue weighted by molar-refractivity contribution is 0.00535. The summed E-state index contributed by atoms with van der Waals surface area (Å²) in [5.74, 6) is 0.674. The average molecular weight is 482 g/mol. The first-order valence-corrected chi connectivity index (χ1v) is 12.5. The minimum absolute atomic E-state index is 0.161. The fourth-order valence-corrected chi connectivity index (χ4v) is 4.15. The van der Waals surface area contributed by atoms with Gasteiger partial charge >= 0.3 is 0 Å². The molecular formula is C28H36FN3O3. The van der Waals surface area contributed by atoms with Gasteiger partial charge in [-0.3, -0.25) is 4.90 Å². The highest BCUT2D eigenvalue weighted by Gasteiger charge is 2.33. The number of halogens is 1. The Hall–Kier alpha value is -2.74. The third kappa shape index (κ3) is 6.69. The summed E-state index contributed by atoms with van der Waals surface area (Å²) in [5, 5.41) is 15.5. The van der Waals surface area contributed by atoms with E-state index in [0.717, 1.165) is 29.8 Å². The third-order valence-electron chi connectivity index (χ3n) is 6.03. The number of hydrogen-bond acceptors (Lipinski definition) is 5. The summed E-state index contributed by atoms with van der Waals surface area (Å²) in [4.78, 5) is 2.28.